The van der Waals surface area contributed by atoms with E-state index in [1.54, 1.807) is 36.4 Å². The molecular weight excluding hydrogens is 464 g/mol. The zero-order chi connectivity index (χ0) is 22.9. The van der Waals surface area contributed by atoms with Gasteiger partial charge in [-0.1, -0.05) is 49.6 Å². The summed E-state index contributed by atoms with van der Waals surface area (Å²) < 4.78 is 85.6. The molecule has 2 aromatic rings. The zero-order valence-electron chi connectivity index (χ0n) is 16.2. The number of rotatable bonds is 8. The lowest BCUT2D eigenvalue weighted by Gasteiger charge is -2.19. The van der Waals surface area contributed by atoms with E-state index in [1.807, 2.05) is 0 Å². The highest BCUT2D eigenvalue weighted by Crippen LogP contribution is 2.30. The molecule has 0 unspecified atom stereocenters. The van der Waals surface area contributed by atoms with Gasteiger partial charge in [-0.2, -0.15) is 16.8 Å². The summed E-state index contributed by atoms with van der Waals surface area (Å²) in [5, 5.41) is -3.68. The van der Waals surface area contributed by atoms with Crippen molar-refractivity contribution in [2.45, 2.75) is 10.5 Å². The predicted molar refractivity (Wildman–Crippen MR) is 118 cm³/mol. The molecule has 3 rings (SSSR count). The normalized spacial score (nSPS) is 20.6. The summed E-state index contributed by atoms with van der Waals surface area (Å²) in [5.74, 6) is -1.93. The highest BCUT2D eigenvalue weighted by Gasteiger charge is 2.53. The van der Waals surface area contributed by atoms with Gasteiger partial charge in [0.1, 0.15) is 22.0 Å². The van der Waals surface area contributed by atoms with Crippen LogP contribution in [0.1, 0.15) is 11.1 Å². The van der Waals surface area contributed by atoms with Crippen molar-refractivity contribution in [2.24, 2.45) is 0 Å². The molecular formula is C20H20O8S3. The topological polar surface area (TPSA) is 121 Å². The maximum atomic E-state index is 12.8. The Labute approximate surface area is 182 Å². The largest absolute Gasteiger partial charge is 0.382 e. The van der Waals surface area contributed by atoms with E-state index in [0.29, 0.717) is 11.1 Å². The van der Waals surface area contributed by atoms with Gasteiger partial charge in [0, 0.05) is 0 Å². The summed E-state index contributed by atoms with van der Waals surface area (Å²) in [6.45, 7) is 7.17. The average molecular weight is 485 g/mol. The van der Waals surface area contributed by atoms with Crippen LogP contribution in [0.25, 0.3) is 12.2 Å². The van der Waals surface area contributed by atoms with E-state index >= 15 is 0 Å². The Bertz CT molecular complexity index is 1190. The lowest BCUT2D eigenvalue weighted by atomic mass is 10.2. The zero-order valence-corrected chi connectivity index (χ0v) is 18.7. The lowest BCUT2D eigenvalue weighted by molar-refractivity contribution is 0.455. The van der Waals surface area contributed by atoms with Gasteiger partial charge < -0.3 is 8.37 Å². The Hall–Kier alpha value is -2.63. The van der Waals surface area contributed by atoms with Crippen LogP contribution < -0.4 is 8.37 Å². The fourth-order valence-electron chi connectivity index (χ4n) is 3.03. The minimum atomic E-state index is -4.62. The molecule has 1 aliphatic rings. The third-order valence-corrected chi connectivity index (χ3v) is 10.3. The number of hydrogen-bond donors (Lipinski definition) is 0. The Morgan fingerprint density at radius 3 is 1.32 bits per heavy atom. The average Bonchev–Trinajstić information content (AvgIpc) is 3.06. The van der Waals surface area contributed by atoms with E-state index in [0.717, 1.165) is 0 Å². The molecule has 0 radical (unpaired) electrons. The SMILES string of the molecule is C=Cc1ccc(OS(=O)(=O)[C@@H]2CS(=O)(=O)C[C@@H]2S(=O)(=O)Oc2ccc(C=C)cc2)cc1. The first-order valence-electron chi connectivity index (χ1n) is 8.98. The molecule has 1 fully saturated rings. The highest BCUT2D eigenvalue weighted by molar-refractivity contribution is 7.98. The second kappa shape index (κ2) is 8.48. The molecule has 1 saturated heterocycles. The summed E-state index contributed by atoms with van der Waals surface area (Å²) in [7, 11) is -13.2. The first kappa shape index (κ1) is 23.0. The molecule has 0 spiro atoms. The Balaban J connectivity index is 1.89. The van der Waals surface area contributed by atoms with Crippen LogP contribution in [0.4, 0.5) is 0 Å². The molecule has 1 heterocycles. The van der Waals surface area contributed by atoms with Gasteiger partial charge in [-0.05, 0) is 35.4 Å². The number of benzene rings is 2. The molecule has 0 bridgehead atoms. The van der Waals surface area contributed by atoms with Gasteiger partial charge in [-0.15, -0.1) is 0 Å². The summed E-state index contributed by atoms with van der Waals surface area (Å²) in [6, 6.07) is 11.6. The van der Waals surface area contributed by atoms with Crippen molar-refractivity contribution in [1.82, 2.24) is 0 Å². The van der Waals surface area contributed by atoms with Crippen molar-refractivity contribution >= 4 is 42.2 Å². The van der Waals surface area contributed by atoms with E-state index in [2.05, 4.69) is 13.2 Å². The summed E-state index contributed by atoms with van der Waals surface area (Å²) in [6.07, 6.45) is 3.09. The molecule has 11 heteroatoms. The molecule has 2 aromatic carbocycles. The van der Waals surface area contributed by atoms with Gasteiger partial charge in [0.05, 0.1) is 11.5 Å². The minimum absolute atomic E-state index is 0.0769. The molecule has 166 valence electrons. The Kier molecular flexibility index (Phi) is 6.30. The highest BCUT2D eigenvalue weighted by atomic mass is 32.2. The molecule has 31 heavy (non-hydrogen) atoms. The van der Waals surface area contributed by atoms with Crippen LogP contribution in [0.3, 0.4) is 0 Å². The van der Waals surface area contributed by atoms with Crippen LogP contribution >= 0.6 is 0 Å². The lowest BCUT2D eigenvalue weighted by Crippen LogP contribution is -2.42. The monoisotopic (exact) mass is 484 g/mol. The van der Waals surface area contributed by atoms with Gasteiger partial charge in [-0.25, -0.2) is 8.42 Å². The number of hydrogen-bond acceptors (Lipinski definition) is 8. The quantitative estimate of drug-likeness (QED) is 0.523. The van der Waals surface area contributed by atoms with Crippen LogP contribution in [0.15, 0.2) is 61.7 Å². The smallest absolute Gasteiger partial charge is 0.314 e. The van der Waals surface area contributed by atoms with E-state index in [-0.39, 0.29) is 11.5 Å². The maximum absolute atomic E-state index is 12.8. The maximum Gasteiger partial charge on any atom is 0.314 e. The van der Waals surface area contributed by atoms with Crippen LogP contribution in [0.2, 0.25) is 0 Å². The van der Waals surface area contributed by atoms with Crippen molar-refractivity contribution in [3.63, 3.8) is 0 Å². The molecule has 1 aliphatic heterocycles. The summed E-state index contributed by atoms with van der Waals surface area (Å²) in [4.78, 5) is 0. The fraction of sp³-hybridized carbons (Fsp3) is 0.200. The van der Waals surface area contributed by atoms with Crippen LogP contribution in [0.5, 0.6) is 11.5 Å². The van der Waals surface area contributed by atoms with Crippen molar-refractivity contribution in [3.05, 3.63) is 72.8 Å². The second-order valence-electron chi connectivity index (χ2n) is 6.85. The molecule has 2 atom stereocenters. The van der Waals surface area contributed by atoms with Gasteiger partial charge in [0.2, 0.25) is 0 Å². The fourth-order valence-corrected chi connectivity index (χ4v) is 10.2. The van der Waals surface area contributed by atoms with Crippen LogP contribution in [-0.2, 0) is 30.1 Å². The van der Waals surface area contributed by atoms with Crippen LogP contribution in [0, 0.1) is 0 Å². The van der Waals surface area contributed by atoms with E-state index < -0.39 is 52.1 Å². The van der Waals surface area contributed by atoms with Gasteiger partial charge in [-0.3, -0.25) is 0 Å². The Morgan fingerprint density at radius 2 is 1.03 bits per heavy atom. The van der Waals surface area contributed by atoms with Gasteiger partial charge >= 0.3 is 20.2 Å². The second-order valence-corrected chi connectivity index (χ2v) is 12.5. The van der Waals surface area contributed by atoms with Gasteiger partial charge in [0.25, 0.3) is 0 Å². The first-order valence-corrected chi connectivity index (χ1v) is 13.7. The molecule has 0 amide bonds. The standard InChI is InChI=1S/C20H20O8S3/c1-3-15-5-9-17(10-6-15)27-30(23,24)19-13-29(21,22)14-20(19)31(25,26)28-18-11-7-16(4-2)8-12-18/h3-12,19-20H,1-2,13-14H2/t19-,20+. The summed E-state index contributed by atoms with van der Waals surface area (Å²) in [5.41, 5.74) is 1.43. The minimum Gasteiger partial charge on any atom is -0.382 e. The third-order valence-electron chi connectivity index (χ3n) is 4.65. The van der Waals surface area contributed by atoms with E-state index in [9.17, 15) is 25.3 Å². The van der Waals surface area contributed by atoms with Crippen molar-refractivity contribution in [3.8, 4) is 11.5 Å². The predicted octanol–water partition coefficient (Wildman–Crippen LogP) is 2.26. The van der Waals surface area contributed by atoms with Crippen molar-refractivity contribution in [1.29, 1.82) is 0 Å². The number of sulfone groups is 1. The van der Waals surface area contributed by atoms with Crippen molar-refractivity contribution in [2.75, 3.05) is 11.5 Å². The first-order chi connectivity index (χ1) is 14.5. The summed E-state index contributed by atoms with van der Waals surface area (Å²) >= 11 is 0. The van der Waals surface area contributed by atoms with Crippen LogP contribution in [-0.4, -0.2) is 47.3 Å². The van der Waals surface area contributed by atoms with Gasteiger partial charge in [0.15, 0.2) is 9.84 Å². The molecule has 0 aliphatic carbocycles. The third kappa shape index (κ3) is 5.35. The molecule has 0 N–H and O–H groups in total. The van der Waals surface area contributed by atoms with E-state index in [4.69, 9.17) is 8.37 Å². The molecule has 0 saturated carbocycles. The Morgan fingerprint density at radius 1 is 0.710 bits per heavy atom. The molecule has 8 nitrogen and oxygen atoms in total. The van der Waals surface area contributed by atoms with E-state index in [1.165, 1.54) is 24.3 Å². The molecule has 0 aromatic heterocycles. The van der Waals surface area contributed by atoms with Crippen molar-refractivity contribution < 1.29 is 33.6 Å².